The molecule has 0 saturated heterocycles. The smallest absolute Gasteiger partial charge is 0.462 e. The van der Waals surface area contributed by atoms with E-state index in [1.54, 1.807) is 0 Å². The highest BCUT2D eigenvalue weighted by molar-refractivity contribution is 7.47. The van der Waals surface area contributed by atoms with Crippen molar-refractivity contribution in [2.75, 3.05) is 26.4 Å². The molecule has 0 aromatic carbocycles. The van der Waals surface area contributed by atoms with Gasteiger partial charge < -0.3 is 20.1 Å². The zero-order valence-electron chi connectivity index (χ0n) is 48.5. The second-order valence-electron chi connectivity index (χ2n) is 20.6. The summed E-state index contributed by atoms with van der Waals surface area (Å²) in [5.41, 5.74) is 5.39. The number of hydrogen-bond donors (Lipinski definition) is 2. The van der Waals surface area contributed by atoms with Gasteiger partial charge in [-0.15, -0.1) is 0 Å². The summed E-state index contributed by atoms with van der Waals surface area (Å²) in [6.07, 6.45) is 79.4. The van der Waals surface area contributed by atoms with Crippen molar-refractivity contribution in [2.45, 2.75) is 290 Å². The SMILES string of the molecule is CC/C=C\C/C=C\C/C=C\C/C=C\C/C=C\C/C=C\C/C=C\CCCCCCCCCCCCCCCCCC(=O)OC(COC(=O)CCCCCCCCCCCCCCCCCCC)COP(=O)(O)OCCN. The summed E-state index contributed by atoms with van der Waals surface area (Å²) in [7, 11) is -4.39. The van der Waals surface area contributed by atoms with Crippen LogP contribution in [-0.2, 0) is 32.7 Å². The van der Waals surface area contributed by atoms with E-state index in [1.807, 2.05) is 0 Å². The molecule has 0 bridgehead atoms. The first kappa shape index (κ1) is 72.2. The van der Waals surface area contributed by atoms with Gasteiger partial charge in [-0.2, -0.15) is 0 Å². The number of allylic oxidation sites excluding steroid dienone is 14. The lowest BCUT2D eigenvalue weighted by atomic mass is 10.0. The molecular weight excluding hydrogens is 954 g/mol. The molecule has 0 amide bonds. The van der Waals surface area contributed by atoms with Crippen molar-refractivity contribution in [3.05, 3.63) is 85.1 Å². The lowest BCUT2D eigenvalue weighted by Crippen LogP contribution is -2.29. The Morgan fingerprint density at radius 3 is 1.09 bits per heavy atom. The molecule has 0 radical (unpaired) electrons. The van der Waals surface area contributed by atoms with Crippen LogP contribution in [0.5, 0.6) is 0 Å². The van der Waals surface area contributed by atoms with E-state index >= 15 is 0 Å². The summed E-state index contributed by atoms with van der Waals surface area (Å²) >= 11 is 0. The fraction of sp³-hybridized carbons (Fsp3) is 0.754. The third-order valence-electron chi connectivity index (χ3n) is 13.3. The standard InChI is InChI=1S/C65H116NO8P/c1-3-5-7-9-11-13-15-17-19-21-22-23-24-25-26-27-28-29-30-31-32-33-34-35-36-37-38-39-40-42-44-46-48-50-52-54-56-58-65(68)74-63(62-73-75(69,70)72-60-59-66)61-71-64(67)57-55-53-51-49-47-45-43-41-20-18-16-14-12-10-8-6-4-2/h5,7,11,13,17,19,22-23,25-26,28-29,31-32,63H,3-4,6,8-10,12,14-16,18,20-21,24,27,30,33-62,66H2,1-2H3,(H,69,70)/b7-5-,13-11-,19-17-,23-22-,26-25-,29-28-,32-31-. The molecule has 0 fully saturated rings. The predicted octanol–water partition coefficient (Wildman–Crippen LogP) is 19.9. The van der Waals surface area contributed by atoms with E-state index in [2.05, 4.69) is 98.9 Å². The van der Waals surface area contributed by atoms with Gasteiger partial charge in [-0.25, -0.2) is 4.57 Å². The molecule has 9 nitrogen and oxygen atoms in total. The quantitative estimate of drug-likeness (QED) is 0.0264. The van der Waals surface area contributed by atoms with Crippen LogP contribution >= 0.6 is 7.82 Å². The fourth-order valence-corrected chi connectivity index (χ4v) is 9.50. The van der Waals surface area contributed by atoms with Crippen LogP contribution in [0.3, 0.4) is 0 Å². The highest BCUT2D eigenvalue weighted by Crippen LogP contribution is 2.43. The number of nitrogens with two attached hydrogens (primary N) is 1. The van der Waals surface area contributed by atoms with Crippen molar-refractivity contribution in [3.63, 3.8) is 0 Å². The number of phosphoric acid groups is 1. The molecule has 0 aliphatic heterocycles. The van der Waals surface area contributed by atoms with Crippen molar-refractivity contribution >= 4 is 19.8 Å². The van der Waals surface area contributed by atoms with E-state index in [4.69, 9.17) is 24.3 Å². The second-order valence-corrected chi connectivity index (χ2v) is 22.0. The van der Waals surface area contributed by atoms with Crippen molar-refractivity contribution in [1.82, 2.24) is 0 Å². The zero-order valence-corrected chi connectivity index (χ0v) is 49.4. The zero-order chi connectivity index (χ0) is 54.5. The number of carbonyl (C=O) groups excluding carboxylic acids is 2. The molecule has 2 unspecified atom stereocenters. The predicted molar refractivity (Wildman–Crippen MR) is 321 cm³/mol. The lowest BCUT2D eigenvalue weighted by Gasteiger charge is -2.19. The second kappa shape index (κ2) is 60.4. The Balaban J connectivity index is 3.88. The number of carbonyl (C=O) groups is 2. The maximum Gasteiger partial charge on any atom is 0.472 e. The van der Waals surface area contributed by atoms with E-state index < -0.39 is 26.5 Å². The van der Waals surface area contributed by atoms with Crippen LogP contribution in [0.15, 0.2) is 85.1 Å². The molecule has 0 aliphatic carbocycles. The summed E-state index contributed by atoms with van der Waals surface area (Å²) in [5, 5.41) is 0. The van der Waals surface area contributed by atoms with Gasteiger partial charge in [0.1, 0.15) is 6.61 Å². The van der Waals surface area contributed by atoms with Gasteiger partial charge in [0.25, 0.3) is 0 Å². The average molecular weight is 1070 g/mol. The summed E-state index contributed by atoms with van der Waals surface area (Å²) in [6, 6.07) is 0. The first-order chi connectivity index (χ1) is 36.8. The molecule has 434 valence electrons. The molecule has 0 saturated carbocycles. The fourth-order valence-electron chi connectivity index (χ4n) is 8.74. The monoisotopic (exact) mass is 1070 g/mol. The molecule has 0 heterocycles. The first-order valence-corrected chi connectivity index (χ1v) is 32.6. The minimum absolute atomic E-state index is 0.0529. The minimum Gasteiger partial charge on any atom is -0.462 e. The van der Waals surface area contributed by atoms with Crippen molar-refractivity contribution in [2.24, 2.45) is 5.73 Å². The number of hydrogen-bond acceptors (Lipinski definition) is 8. The Kier molecular flexibility index (Phi) is 58.2. The summed E-state index contributed by atoms with van der Waals surface area (Å²) in [6.45, 7) is 3.66. The van der Waals surface area contributed by atoms with Gasteiger partial charge in [-0.3, -0.25) is 18.6 Å². The Bertz CT molecular complexity index is 1500. The van der Waals surface area contributed by atoms with Gasteiger partial charge in [0.15, 0.2) is 6.10 Å². The average Bonchev–Trinajstić information content (AvgIpc) is 3.40. The van der Waals surface area contributed by atoms with Crippen molar-refractivity contribution < 1.29 is 37.6 Å². The topological polar surface area (TPSA) is 134 Å². The molecule has 0 rings (SSSR count). The van der Waals surface area contributed by atoms with Crippen LogP contribution in [0.4, 0.5) is 0 Å². The molecular formula is C65H116NO8P. The highest BCUT2D eigenvalue weighted by atomic mass is 31.2. The highest BCUT2D eigenvalue weighted by Gasteiger charge is 2.26. The molecule has 0 aromatic heterocycles. The molecule has 10 heteroatoms. The first-order valence-electron chi connectivity index (χ1n) is 31.1. The van der Waals surface area contributed by atoms with Crippen molar-refractivity contribution in [1.29, 1.82) is 0 Å². The van der Waals surface area contributed by atoms with E-state index in [-0.39, 0.29) is 38.6 Å². The summed E-state index contributed by atoms with van der Waals surface area (Å²) in [4.78, 5) is 35.2. The minimum atomic E-state index is -4.39. The maximum atomic E-state index is 12.7. The summed E-state index contributed by atoms with van der Waals surface area (Å²) < 4.78 is 33.1. The summed E-state index contributed by atoms with van der Waals surface area (Å²) in [5.74, 6) is -0.818. The van der Waals surface area contributed by atoms with Gasteiger partial charge in [-0.05, 0) is 70.6 Å². The Morgan fingerprint density at radius 1 is 0.413 bits per heavy atom. The van der Waals surface area contributed by atoms with Gasteiger partial charge in [0, 0.05) is 19.4 Å². The molecule has 75 heavy (non-hydrogen) atoms. The van der Waals surface area contributed by atoms with E-state index in [0.717, 1.165) is 83.5 Å². The van der Waals surface area contributed by atoms with E-state index in [1.165, 1.54) is 167 Å². The number of ether oxygens (including phenoxy) is 2. The van der Waals surface area contributed by atoms with Crippen LogP contribution in [0.1, 0.15) is 284 Å². The molecule has 2 atom stereocenters. The number of rotatable bonds is 58. The van der Waals surface area contributed by atoms with Gasteiger partial charge in [0.2, 0.25) is 0 Å². The Morgan fingerprint density at radius 2 is 0.733 bits per heavy atom. The molecule has 3 N–H and O–H groups in total. The maximum absolute atomic E-state index is 12.7. The van der Waals surface area contributed by atoms with Crippen LogP contribution in [0.2, 0.25) is 0 Å². The normalized spacial score (nSPS) is 13.6. The van der Waals surface area contributed by atoms with Crippen LogP contribution < -0.4 is 5.73 Å². The molecule has 0 spiro atoms. The van der Waals surface area contributed by atoms with E-state index in [0.29, 0.717) is 6.42 Å². The number of esters is 2. The Labute approximate surface area is 462 Å². The third kappa shape index (κ3) is 60.3. The van der Waals surface area contributed by atoms with Gasteiger partial charge in [-0.1, -0.05) is 285 Å². The van der Waals surface area contributed by atoms with Crippen LogP contribution in [0, 0.1) is 0 Å². The van der Waals surface area contributed by atoms with E-state index in [9.17, 15) is 19.0 Å². The molecule has 0 aliphatic rings. The van der Waals surface area contributed by atoms with Crippen molar-refractivity contribution in [3.8, 4) is 0 Å². The number of unbranched alkanes of at least 4 members (excludes halogenated alkanes) is 31. The van der Waals surface area contributed by atoms with Crippen LogP contribution in [-0.4, -0.2) is 49.3 Å². The lowest BCUT2D eigenvalue weighted by molar-refractivity contribution is -0.161. The van der Waals surface area contributed by atoms with Gasteiger partial charge >= 0.3 is 19.8 Å². The van der Waals surface area contributed by atoms with Crippen LogP contribution in [0.25, 0.3) is 0 Å². The Hall–Kier alpha value is -2.81. The number of phosphoric ester groups is 1. The molecule has 0 aromatic rings. The third-order valence-corrected chi connectivity index (χ3v) is 14.3. The van der Waals surface area contributed by atoms with Gasteiger partial charge in [0.05, 0.1) is 13.2 Å². The largest absolute Gasteiger partial charge is 0.472 e.